The molecule has 0 bridgehead atoms. The van der Waals surface area contributed by atoms with Crippen molar-refractivity contribution in [1.82, 2.24) is 5.32 Å². The van der Waals surface area contributed by atoms with Crippen LogP contribution in [-0.4, -0.2) is 27.1 Å². The number of fused-ring (bicyclic) bond motifs is 1. The molecule has 1 amide bonds. The molecule has 2 unspecified atom stereocenters. The first kappa shape index (κ1) is 19.4. The van der Waals surface area contributed by atoms with Gasteiger partial charge in [0.15, 0.2) is 0 Å². The van der Waals surface area contributed by atoms with Gasteiger partial charge in [0.1, 0.15) is 5.82 Å². The summed E-state index contributed by atoms with van der Waals surface area (Å²) >= 11 is 0. The van der Waals surface area contributed by atoms with Gasteiger partial charge in [0.05, 0.1) is 18.0 Å². The first-order chi connectivity index (χ1) is 12.8. The summed E-state index contributed by atoms with van der Waals surface area (Å²) < 4.78 is 38.5. The highest BCUT2D eigenvalue weighted by atomic mass is 32.2. The van der Waals surface area contributed by atoms with Crippen molar-refractivity contribution in [2.24, 2.45) is 0 Å². The Hall–Kier alpha value is -2.41. The van der Waals surface area contributed by atoms with Gasteiger partial charge in [-0.15, -0.1) is 0 Å². The Bertz CT molecular complexity index is 928. The molecule has 7 heteroatoms. The van der Waals surface area contributed by atoms with Gasteiger partial charge in [-0.3, -0.25) is 9.10 Å². The Morgan fingerprint density at radius 2 is 1.89 bits per heavy atom. The minimum absolute atomic E-state index is 0.0445. The summed E-state index contributed by atoms with van der Waals surface area (Å²) in [4.78, 5) is 12.5. The molecule has 0 saturated heterocycles. The fourth-order valence-corrected chi connectivity index (χ4v) is 4.43. The molecule has 1 aliphatic heterocycles. The number of benzene rings is 2. The quantitative estimate of drug-likeness (QED) is 0.851. The zero-order chi connectivity index (χ0) is 19.6. The van der Waals surface area contributed by atoms with E-state index < -0.39 is 10.0 Å². The molecule has 2 aromatic carbocycles. The number of hydrogen-bond acceptors (Lipinski definition) is 3. The van der Waals surface area contributed by atoms with Crippen LogP contribution < -0.4 is 9.62 Å². The summed E-state index contributed by atoms with van der Waals surface area (Å²) in [5.74, 6) is -0.457. The molecule has 0 aromatic heterocycles. The van der Waals surface area contributed by atoms with E-state index >= 15 is 0 Å². The average molecular weight is 390 g/mol. The summed E-state index contributed by atoms with van der Waals surface area (Å²) in [6, 6.07) is 13.2. The topological polar surface area (TPSA) is 66.5 Å². The van der Waals surface area contributed by atoms with E-state index in [9.17, 15) is 17.6 Å². The lowest BCUT2D eigenvalue weighted by Gasteiger charge is -2.34. The van der Waals surface area contributed by atoms with Gasteiger partial charge < -0.3 is 5.32 Å². The Morgan fingerprint density at radius 1 is 1.22 bits per heavy atom. The first-order valence-electron chi connectivity index (χ1n) is 8.87. The van der Waals surface area contributed by atoms with Gasteiger partial charge in [0.2, 0.25) is 15.9 Å². The van der Waals surface area contributed by atoms with Crippen LogP contribution in [0.4, 0.5) is 10.1 Å². The highest BCUT2D eigenvalue weighted by Crippen LogP contribution is 2.35. The van der Waals surface area contributed by atoms with E-state index in [4.69, 9.17) is 0 Å². The molecule has 1 heterocycles. The van der Waals surface area contributed by atoms with Crippen LogP contribution >= 0.6 is 0 Å². The Kier molecular flexibility index (Phi) is 5.51. The Morgan fingerprint density at radius 3 is 2.56 bits per heavy atom. The van der Waals surface area contributed by atoms with Crippen molar-refractivity contribution in [3.63, 3.8) is 0 Å². The van der Waals surface area contributed by atoms with Crippen molar-refractivity contribution >= 4 is 21.6 Å². The fraction of sp³-hybridized carbons (Fsp3) is 0.350. The maximum atomic E-state index is 13.1. The maximum absolute atomic E-state index is 13.1. The Labute approximate surface area is 159 Å². The zero-order valence-corrected chi connectivity index (χ0v) is 16.2. The molecule has 2 aromatic rings. The summed E-state index contributed by atoms with van der Waals surface area (Å²) in [5.41, 5.74) is 2.32. The van der Waals surface area contributed by atoms with E-state index in [0.29, 0.717) is 18.7 Å². The molecule has 144 valence electrons. The van der Waals surface area contributed by atoms with Gasteiger partial charge in [0, 0.05) is 13.0 Å². The normalized spacial score (nSPS) is 17.9. The van der Waals surface area contributed by atoms with Crippen molar-refractivity contribution in [1.29, 1.82) is 0 Å². The average Bonchev–Trinajstić information content (AvgIpc) is 2.61. The highest BCUT2D eigenvalue weighted by molar-refractivity contribution is 7.92. The lowest BCUT2D eigenvalue weighted by molar-refractivity contribution is -0.122. The second-order valence-electron chi connectivity index (χ2n) is 6.96. The molecule has 1 aliphatic rings. The number of hydrogen-bond donors (Lipinski definition) is 1. The summed E-state index contributed by atoms with van der Waals surface area (Å²) in [7, 11) is -3.36. The van der Waals surface area contributed by atoms with Gasteiger partial charge in [-0.2, -0.15) is 0 Å². The summed E-state index contributed by atoms with van der Waals surface area (Å²) in [6.45, 7) is 2.25. The second-order valence-corrected chi connectivity index (χ2v) is 8.87. The second kappa shape index (κ2) is 7.68. The van der Waals surface area contributed by atoms with Crippen LogP contribution in [0.2, 0.25) is 0 Å². The number of halogens is 1. The lowest BCUT2D eigenvalue weighted by Crippen LogP contribution is -2.40. The third kappa shape index (κ3) is 4.47. The molecular formula is C20H23FN2O3S. The van der Waals surface area contributed by atoms with Crippen molar-refractivity contribution < 1.29 is 17.6 Å². The van der Waals surface area contributed by atoms with Crippen LogP contribution in [0.5, 0.6) is 0 Å². The lowest BCUT2D eigenvalue weighted by atomic mass is 9.95. The Balaban J connectivity index is 1.72. The number of nitrogens with one attached hydrogen (secondary N) is 1. The van der Waals surface area contributed by atoms with Gasteiger partial charge in [0.25, 0.3) is 0 Å². The van der Waals surface area contributed by atoms with Gasteiger partial charge in [-0.1, -0.05) is 37.3 Å². The number of nitrogens with zero attached hydrogens (tertiary/aromatic N) is 1. The number of amides is 1. The predicted molar refractivity (Wildman–Crippen MR) is 104 cm³/mol. The molecule has 1 N–H and O–H groups in total. The number of para-hydroxylation sites is 1. The largest absolute Gasteiger partial charge is 0.349 e. The van der Waals surface area contributed by atoms with Crippen LogP contribution in [0.3, 0.4) is 0 Å². The van der Waals surface area contributed by atoms with Crippen molar-refractivity contribution in [2.75, 3.05) is 17.1 Å². The molecule has 5 nitrogen and oxygen atoms in total. The van der Waals surface area contributed by atoms with Crippen LogP contribution in [0.1, 0.15) is 42.9 Å². The van der Waals surface area contributed by atoms with Crippen LogP contribution in [0, 0.1) is 5.82 Å². The van der Waals surface area contributed by atoms with Crippen LogP contribution in [0.25, 0.3) is 0 Å². The number of carbonyl (C=O) groups excluding carboxylic acids is 1. The summed E-state index contributed by atoms with van der Waals surface area (Å²) in [6.07, 6.45) is 1.98. The molecule has 0 radical (unpaired) electrons. The van der Waals surface area contributed by atoms with E-state index in [1.54, 1.807) is 24.3 Å². The van der Waals surface area contributed by atoms with E-state index in [1.165, 1.54) is 22.7 Å². The van der Waals surface area contributed by atoms with Crippen molar-refractivity contribution in [3.05, 3.63) is 65.5 Å². The zero-order valence-electron chi connectivity index (χ0n) is 15.4. The maximum Gasteiger partial charge on any atom is 0.232 e. The number of carbonyl (C=O) groups is 1. The van der Waals surface area contributed by atoms with E-state index in [-0.39, 0.29) is 30.1 Å². The van der Waals surface area contributed by atoms with E-state index in [0.717, 1.165) is 11.1 Å². The molecule has 3 rings (SSSR count). The SMILES string of the molecule is CC(CC(=O)NC1CCN(S(C)(=O)=O)c2ccccc21)c1ccc(F)cc1. The third-order valence-corrected chi connectivity index (χ3v) is 6.05. The third-order valence-electron chi connectivity index (χ3n) is 4.87. The smallest absolute Gasteiger partial charge is 0.232 e. The fourth-order valence-electron chi connectivity index (χ4n) is 3.47. The van der Waals surface area contributed by atoms with Gasteiger partial charge in [-0.25, -0.2) is 12.8 Å². The van der Waals surface area contributed by atoms with Crippen molar-refractivity contribution in [3.8, 4) is 0 Å². The molecule has 27 heavy (non-hydrogen) atoms. The first-order valence-corrected chi connectivity index (χ1v) is 10.7. The number of anilines is 1. The van der Waals surface area contributed by atoms with E-state index in [1.807, 2.05) is 19.1 Å². The molecule has 0 spiro atoms. The number of sulfonamides is 1. The molecule has 0 fully saturated rings. The van der Waals surface area contributed by atoms with Crippen molar-refractivity contribution in [2.45, 2.75) is 31.7 Å². The van der Waals surface area contributed by atoms with Crippen LogP contribution in [-0.2, 0) is 14.8 Å². The highest BCUT2D eigenvalue weighted by Gasteiger charge is 2.30. The molecule has 0 aliphatic carbocycles. The predicted octanol–water partition coefficient (Wildman–Crippen LogP) is 3.35. The number of rotatable bonds is 5. The molecular weight excluding hydrogens is 367 g/mol. The molecule has 2 atom stereocenters. The minimum Gasteiger partial charge on any atom is -0.349 e. The van der Waals surface area contributed by atoms with Gasteiger partial charge in [-0.05, 0) is 41.7 Å². The molecule has 0 saturated carbocycles. The standard InChI is InChI=1S/C20H23FN2O3S/c1-14(15-7-9-16(21)10-8-15)13-20(24)22-18-11-12-23(27(2,25)26)19-6-4-3-5-17(18)19/h3-10,14,18H,11-13H2,1-2H3,(H,22,24). The van der Waals surface area contributed by atoms with Gasteiger partial charge >= 0.3 is 0 Å². The monoisotopic (exact) mass is 390 g/mol. The van der Waals surface area contributed by atoms with Crippen LogP contribution in [0.15, 0.2) is 48.5 Å². The summed E-state index contributed by atoms with van der Waals surface area (Å²) in [5, 5.41) is 3.02. The minimum atomic E-state index is -3.36. The van der Waals surface area contributed by atoms with E-state index in [2.05, 4.69) is 5.32 Å².